The zero-order valence-electron chi connectivity index (χ0n) is 16.7. The number of anilines is 3. The molecule has 0 aliphatic rings. The van der Waals surface area contributed by atoms with E-state index in [1.54, 1.807) is 24.3 Å². The average Bonchev–Trinajstić information content (AvgIpc) is 2.76. The highest BCUT2D eigenvalue weighted by Crippen LogP contribution is 2.18. The molecule has 0 atom stereocenters. The quantitative estimate of drug-likeness (QED) is 0.571. The maximum Gasteiger partial charge on any atom is 0.257 e. The van der Waals surface area contributed by atoms with Crippen LogP contribution in [0.5, 0.6) is 0 Å². The maximum absolute atomic E-state index is 12.9. The number of carbonyl (C=O) groups is 1. The third-order valence-electron chi connectivity index (χ3n) is 4.67. The molecule has 29 heavy (non-hydrogen) atoms. The van der Waals surface area contributed by atoms with Gasteiger partial charge in [0.25, 0.3) is 5.91 Å². The van der Waals surface area contributed by atoms with Gasteiger partial charge in [0.1, 0.15) is 11.6 Å². The molecule has 0 radical (unpaired) electrons. The standard InChI is InChI=1S/C23H25FN4O/c1-3-28(4-2)21-12-10-20(11-13-21)27-23(29)18-7-14-22(26-16-18)25-15-17-5-8-19(24)9-6-17/h5-14,16H,3-4,15H2,1-2H3,(H,25,26)(H,27,29). The number of benzene rings is 2. The second kappa shape index (κ2) is 9.68. The van der Waals surface area contributed by atoms with Crippen molar-refractivity contribution in [1.29, 1.82) is 0 Å². The Morgan fingerprint density at radius 1 is 0.966 bits per heavy atom. The molecule has 0 unspecified atom stereocenters. The van der Waals surface area contributed by atoms with Crippen LogP contribution in [-0.2, 0) is 6.54 Å². The van der Waals surface area contributed by atoms with Crippen LogP contribution in [0.1, 0.15) is 29.8 Å². The van der Waals surface area contributed by atoms with Crippen molar-refractivity contribution in [1.82, 2.24) is 4.98 Å². The molecule has 150 valence electrons. The molecule has 1 heterocycles. The highest BCUT2D eigenvalue weighted by atomic mass is 19.1. The molecule has 5 nitrogen and oxygen atoms in total. The molecule has 3 aromatic rings. The average molecular weight is 392 g/mol. The highest BCUT2D eigenvalue weighted by molar-refractivity contribution is 6.04. The summed E-state index contributed by atoms with van der Waals surface area (Å²) in [6.45, 7) is 6.64. The van der Waals surface area contributed by atoms with E-state index in [0.29, 0.717) is 17.9 Å². The number of hydrogen-bond acceptors (Lipinski definition) is 4. The van der Waals surface area contributed by atoms with Crippen molar-refractivity contribution >= 4 is 23.1 Å². The van der Waals surface area contributed by atoms with Gasteiger partial charge in [-0.05, 0) is 67.9 Å². The summed E-state index contributed by atoms with van der Waals surface area (Å²) in [5, 5.41) is 6.04. The third kappa shape index (κ3) is 5.54. The number of halogens is 1. The van der Waals surface area contributed by atoms with Crippen molar-refractivity contribution in [2.75, 3.05) is 28.6 Å². The van der Waals surface area contributed by atoms with Crippen molar-refractivity contribution < 1.29 is 9.18 Å². The Morgan fingerprint density at radius 2 is 1.66 bits per heavy atom. The van der Waals surface area contributed by atoms with Gasteiger partial charge in [-0.3, -0.25) is 4.79 Å². The van der Waals surface area contributed by atoms with E-state index in [4.69, 9.17) is 0 Å². The Bertz CT molecular complexity index is 921. The first-order valence-electron chi connectivity index (χ1n) is 9.69. The first-order valence-corrected chi connectivity index (χ1v) is 9.69. The predicted molar refractivity (Wildman–Crippen MR) is 116 cm³/mol. The molecule has 6 heteroatoms. The Morgan fingerprint density at radius 3 is 2.24 bits per heavy atom. The lowest BCUT2D eigenvalue weighted by molar-refractivity contribution is 0.102. The zero-order valence-corrected chi connectivity index (χ0v) is 16.7. The molecule has 2 aromatic carbocycles. The van der Waals surface area contributed by atoms with E-state index in [1.807, 2.05) is 24.3 Å². The summed E-state index contributed by atoms with van der Waals surface area (Å²) in [7, 11) is 0. The molecule has 0 aliphatic heterocycles. The summed E-state index contributed by atoms with van der Waals surface area (Å²) in [4.78, 5) is 19.0. The fraction of sp³-hybridized carbons (Fsp3) is 0.217. The number of amides is 1. The molecule has 0 saturated heterocycles. The fourth-order valence-corrected chi connectivity index (χ4v) is 2.98. The van der Waals surface area contributed by atoms with Gasteiger partial charge in [-0.15, -0.1) is 0 Å². The Hall–Kier alpha value is -3.41. The molecule has 0 spiro atoms. The summed E-state index contributed by atoms with van der Waals surface area (Å²) < 4.78 is 12.9. The first kappa shape index (κ1) is 20.3. The van der Waals surface area contributed by atoms with Gasteiger partial charge < -0.3 is 15.5 Å². The number of aromatic nitrogens is 1. The van der Waals surface area contributed by atoms with Gasteiger partial charge in [0, 0.05) is 37.2 Å². The molecule has 0 bridgehead atoms. The van der Waals surface area contributed by atoms with E-state index in [9.17, 15) is 9.18 Å². The smallest absolute Gasteiger partial charge is 0.257 e. The summed E-state index contributed by atoms with van der Waals surface area (Å²) in [5.41, 5.74) is 3.30. The largest absolute Gasteiger partial charge is 0.372 e. The van der Waals surface area contributed by atoms with Crippen LogP contribution in [-0.4, -0.2) is 24.0 Å². The number of carbonyl (C=O) groups excluding carboxylic acids is 1. The molecule has 0 saturated carbocycles. The van der Waals surface area contributed by atoms with Crippen LogP contribution in [0, 0.1) is 5.82 Å². The van der Waals surface area contributed by atoms with Crippen LogP contribution in [0.25, 0.3) is 0 Å². The van der Waals surface area contributed by atoms with Crippen LogP contribution in [0.3, 0.4) is 0 Å². The normalized spacial score (nSPS) is 10.4. The van der Waals surface area contributed by atoms with Crippen LogP contribution >= 0.6 is 0 Å². The first-order chi connectivity index (χ1) is 14.1. The lowest BCUT2D eigenvalue weighted by Crippen LogP contribution is -2.21. The number of pyridine rings is 1. The Labute approximate surface area is 170 Å². The molecular formula is C23H25FN4O. The van der Waals surface area contributed by atoms with E-state index in [1.165, 1.54) is 18.3 Å². The molecule has 3 rings (SSSR count). The van der Waals surface area contributed by atoms with Gasteiger partial charge in [-0.1, -0.05) is 12.1 Å². The van der Waals surface area contributed by atoms with Gasteiger partial charge in [0.15, 0.2) is 0 Å². The molecule has 1 aromatic heterocycles. The highest BCUT2D eigenvalue weighted by Gasteiger charge is 2.08. The molecule has 0 fully saturated rings. The van der Waals surface area contributed by atoms with Crippen molar-refractivity contribution in [3.05, 3.63) is 83.8 Å². The van der Waals surface area contributed by atoms with Crippen LogP contribution in [0.4, 0.5) is 21.6 Å². The van der Waals surface area contributed by atoms with Gasteiger partial charge >= 0.3 is 0 Å². The van der Waals surface area contributed by atoms with Crippen LogP contribution < -0.4 is 15.5 Å². The van der Waals surface area contributed by atoms with Crippen molar-refractivity contribution in [2.24, 2.45) is 0 Å². The lowest BCUT2D eigenvalue weighted by Gasteiger charge is -2.21. The summed E-state index contributed by atoms with van der Waals surface area (Å²) in [6.07, 6.45) is 1.53. The number of nitrogens with zero attached hydrogens (tertiary/aromatic N) is 2. The van der Waals surface area contributed by atoms with Crippen molar-refractivity contribution in [3.8, 4) is 0 Å². The Balaban J connectivity index is 1.56. The Kier molecular flexibility index (Phi) is 6.79. The van der Waals surface area contributed by atoms with Gasteiger partial charge in [-0.25, -0.2) is 9.37 Å². The lowest BCUT2D eigenvalue weighted by atomic mass is 10.2. The topological polar surface area (TPSA) is 57.3 Å². The number of hydrogen-bond donors (Lipinski definition) is 2. The number of rotatable bonds is 8. The zero-order chi connectivity index (χ0) is 20.6. The van der Waals surface area contributed by atoms with E-state index in [-0.39, 0.29) is 11.7 Å². The van der Waals surface area contributed by atoms with E-state index >= 15 is 0 Å². The molecule has 2 N–H and O–H groups in total. The van der Waals surface area contributed by atoms with Gasteiger partial charge in [0.05, 0.1) is 5.56 Å². The second-order valence-electron chi connectivity index (χ2n) is 6.59. The third-order valence-corrected chi connectivity index (χ3v) is 4.67. The number of nitrogens with one attached hydrogen (secondary N) is 2. The summed E-state index contributed by atoms with van der Waals surface area (Å²) >= 11 is 0. The van der Waals surface area contributed by atoms with Crippen LogP contribution in [0.2, 0.25) is 0 Å². The van der Waals surface area contributed by atoms with E-state index < -0.39 is 0 Å². The molecule has 0 aliphatic carbocycles. The van der Waals surface area contributed by atoms with Gasteiger partial charge in [0.2, 0.25) is 0 Å². The minimum Gasteiger partial charge on any atom is -0.372 e. The monoisotopic (exact) mass is 392 g/mol. The predicted octanol–water partition coefficient (Wildman–Crippen LogP) is 4.93. The summed E-state index contributed by atoms with van der Waals surface area (Å²) in [6, 6.07) is 17.6. The van der Waals surface area contributed by atoms with Crippen molar-refractivity contribution in [2.45, 2.75) is 20.4 Å². The van der Waals surface area contributed by atoms with Crippen LogP contribution in [0.15, 0.2) is 66.9 Å². The minimum atomic E-state index is -0.259. The summed E-state index contributed by atoms with van der Waals surface area (Å²) in [5.74, 6) is 0.178. The van der Waals surface area contributed by atoms with Gasteiger partial charge in [-0.2, -0.15) is 0 Å². The minimum absolute atomic E-state index is 0.210. The second-order valence-corrected chi connectivity index (χ2v) is 6.59. The molecular weight excluding hydrogens is 367 g/mol. The molecule has 1 amide bonds. The van der Waals surface area contributed by atoms with E-state index in [0.717, 1.165) is 30.0 Å². The van der Waals surface area contributed by atoms with E-state index in [2.05, 4.69) is 34.4 Å². The maximum atomic E-state index is 12.9. The fourth-order valence-electron chi connectivity index (χ4n) is 2.98. The van der Waals surface area contributed by atoms with Crippen molar-refractivity contribution in [3.63, 3.8) is 0 Å². The SMILES string of the molecule is CCN(CC)c1ccc(NC(=O)c2ccc(NCc3ccc(F)cc3)nc2)cc1.